The zero-order valence-corrected chi connectivity index (χ0v) is 14.9. The number of nitrogens with one attached hydrogen (secondary N) is 2. The Morgan fingerprint density at radius 2 is 1.71 bits per heavy atom. The van der Waals surface area contributed by atoms with Crippen LogP contribution in [-0.2, 0) is 16.1 Å². The highest BCUT2D eigenvalue weighted by molar-refractivity contribution is 5.84. The van der Waals surface area contributed by atoms with Crippen molar-refractivity contribution in [2.24, 2.45) is 0 Å². The average Bonchev–Trinajstić information content (AvgIpc) is 2.69. The van der Waals surface area contributed by atoms with Gasteiger partial charge in [-0.05, 0) is 24.1 Å². The predicted octanol–water partition coefficient (Wildman–Crippen LogP) is 1.41. The summed E-state index contributed by atoms with van der Waals surface area (Å²) in [6.45, 7) is 0.0511. The fourth-order valence-electron chi connectivity index (χ4n) is 2.97. The highest BCUT2D eigenvalue weighted by Gasteiger charge is 2.21. The summed E-state index contributed by atoms with van der Waals surface area (Å²) in [7, 11) is 0. The molecule has 3 rings (SSSR count). The number of aromatic nitrogens is 2. The lowest BCUT2D eigenvalue weighted by Gasteiger charge is -2.15. The first kappa shape index (κ1) is 19.1. The Bertz CT molecular complexity index is 1120. The van der Waals surface area contributed by atoms with E-state index in [1.54, 1.807) is 54.6 Å². The summed E-state index contributed by atoms with van der Waals surface area (Å²) in [6.07, 6.45) is 0.198. The number of carboxylic acid groups (broad SMARTS) is 1. The quantitative estimate of drug-likeness (QED) is 0.571. The Balaban J connectivity index is 1.66. The molecule has 0 saturated heterocycles. The van der Waals surface area contributed by atoms with Crippen LogP contribution in [0.4, 0.5) is 0 Å². The van der Waals surface area contributed by atoms with Gasteiger partial charge < -0.3 is 15.4 Å². The van der Waals surface area contributed by atoms with E-state index in [1.807, 2.05) is 0 Å². The van der Waals surface area contributed by atoms with Crippen LogP contribution in [0.15, 0.2) is 64.2 Å². The lowest BCUT2D eigenvalue weighted by atomic mass is 10.1. The smallest absolute Gasteiger partial charge is 0.330 e. The van der Waals surface area contributed by atoms with Crippen molar-refractivity contribution in [2.75, 3.05) is 0 Å². The van der Waals surface area contributed by atoms with E-state index in [4.69, 9.17) is 0 Å². The number of hydrogen-bond donors (Lipinski definition) is 3. The largest absolute Gasteiger partial charge is 0.479 e. The maximum atomic E-state index is 12.4. The van der Waals surface area contributed by atoms with E-state index in [9.17, 15) is 24.3 Å². The number of amides is 1. The molecule has 0 aliphatic carbocycles. The fraction of sp³-hybridized carbons (Fsp3) is 0.200. The van der Waals surface area contributed by atoms with Gasteiger partial charge in [-0.2, -0.15) is 0 Å². The SMILES string of the molecule is O=C(CCCn1c(=O)[nH]c2ccccc2c1=O)N[C@@H](C(=O)O)c1ccccc1. The molecule has 0 aliphatic heterocycles. The monoisotopic (exact) mass is 381 g/mol. The number of para-hydroxylation sites is 1. The van der Waals surface area contributed by atoms with Crippen molar-refractivity contribution in [1.82, 2.24) is 14.9 Å². The van der Waals surface area contributed by atoms with Gasteiger partial charge in [0.1, 0.15) is 0 Å². The Labute approximate surface area is 159 Å². The fourth-order valence-corrected chi connectivity index (χ4v) is 2.97. The van der Waals surface area contributed by atoms with Gasteiger partial charge in [0.05, 0.1) is 10.9 Å². The van der Waals surface area contributed by atoms with Gasteiger partial charge in [-0.3, -0.25) is 14.2 Å². The van der Waals surface area contributed by atoms with E-state index >= 15 is 0 Å². The molecule has 1 amide bonds. The zero-order chi connectivity index (χ0) is 20.1. The van der Waals surface area contributed by atoms with Crippen molar-refractivity contribution in [2.45, 2.75) is 25.4 Å². The van der Waals surface area contributed by atoms with E-state index in [-0.39, 0.29) is 19.4 Å². The summed E-state index contributed by atoms with van der Waals surface area (Å²) in [5, 5.41) is 12.2. The third-order valence-corrected chi connectivity index (χ3v) is 4.36. The number of aromatic amines is 1. The van der Waals surface area contributed by atoms with Crippen molar-refractivity contribution in [1.29, 1.82) is 0 Å². The summed E-state index contributed by atoms with van der Waals surface area (Å²) in [4.78, 5) is 50.8. The van der Waals surface area contributed by atoms with E-state index < -0.39 is 29.2 Å². The minimum Gasteiger partial charge on any atom is -0.479 e. The first-order valence-electron chi connectivity index (χ1n) is 8.76. The summed E-state index contributed by atoms with van der Waals surface area (Å²) >= 11 is 0. The topological polar surface area (TPSA) is 121 Å². The van der Waals surface area contributed by atoms with Crippen molar-refractivity contribution >= 4 is 22.8 Å². The van der Waals surface area contributed by atoms with E-state index in [2.05, 4.69) is 10.3 Å². The number of carboxylic acids is 1. The molecule has 0 saturated carbocycles. The number of carbonyl (C=O) groups excluding carboxylic acids is 1. The molecule has 0 unspecified atom stereocenters. The van der Waals surface area contributed by atoms with Gasteiger partial charge in [-0.1, -0.05) is 42.5 Å². The number of aliphatic carboxylic acids is 1. The van der Waals surface area contributed by atoms with Gasteiger partial charge in [0.25, 0.3) is 5.56 Å². The van der Waals surface area contributed by atoms with Crippen LogP contribution in [-0.4, -0.2) is 26.5 Å². The van der Waals surface area contributed by atoms with Crippen molar-refractivity contribution in [3.8, 4) is 0 Å². The van der Waals surface area contributed by atoms with Gasteiger partial charge in [-0.25, -0.2) is 9.59 Å². The number of rotatable bonds is 7. The van der Waals surface area contributed by atoms with Crippen LogP contribution in [0, 0.1) is 0 Å². The predicted molar refractivity (Wildman–Crippen MR) is 103 cm³/mol. The zero-order valence-electron chi connectivity index (χ0n) is 14.9. The van der Waals surface area contributed by atoms with Crippen molar-refractivity contribution in [3.63, 3.8) is 0 Å². The summed E-state index contributed by atoms with van der Waals surface area (Å²) in [5.74, 6) is -1.64. The lowest BCUT2D eigenvalue weighted by Crippen LogP contribution is -2.36. The Morgan fingerprint density at radius 3 is 2.43 bits per heavy atom. The van der Waals surface area contributed by atoms with E-state index in [1.165, 1.54) is 0 Å². The standard InChI is InChI=1S/C20H19N3O5/c24-16(22-17(19(26)27)13-7-2-1-3-8-13)11-6-12-23-18(25)14-9-4-5-10-15(14)21-20(23)28/h1-5,7-10,17H,6,11-12H2,(H,21,28)(H,22,24)(H,26,27)/t17-/m1/s1. The lowest BCUT2D eigenvalue weighted by molar-refractivity contribution is -0.142. The minimum absolute atomic E-state index is 0.0185. The molecular weight excluding hydrogens is 362 g/mol. The minimum atomic E-state index is -1.17. The number of nitrogens with zero attached hydrogens (tertiary/aromatic N) is 1. The second-order valence-electron chi connectivity index (χ2n) is 6.29. The van der Waals surface area contributed by atoms with Crippen LogP contribution < -0.4 is 16.6 Å². The normalized spacial score (nSPS) is 11.9. The molecule has 144 valence electrons. The Kier molecular flexibility index (Phi) is 5.69. The highest BCUT2D eigenvalue weighted by atomic mass is 16.4. The molecule has 0 aliphatic rings. The van der Waals surface area contributed by atoms with E-state index in [0.29, 0.717) is 16.5 Å². The molecule has 1 atom stereocenters. The van der Waals surface area contributed by atoms with Crippen LogP contribution in [0.5, 0.6) is 0 Å². The molecular formula is C20H19N3O5. The summed E-state index contributed by atoms with van der Waals surface area (Å²) in [5.41, 5.74) is -0.0477. The summed E-state index contributed by atoms with van der Waals surface area (Å²) < 4.78 is 1.04. The second-order valence-corrected chi connectivity index (χ2v) is 6.29. The van der Waals surface area contributed by atoms with Crippen LogP contribution in [0.3, 0.4) is 0 Å². The third kappa shape index (κ3) is 4.17. The molecule has 1 heterocycles. The molecule has 0 bridgehead atoms. The van der Waals surface area contributed by atoms with E-state index in [0.717, 1.165) is 4.57 Å². The van der Waals surface area contributed by atoms with Crippen molar-refractivity contribution < 1.29 is 14.7 Å². The average molecular weight is 381 g/mol. The number of carbonyl (C=O) groups is 2. The molecule has 3 N–H and O–H groups in total. The van der Waals surface area contributed by atoms with Crippen LogP contribution in [0.1, 0.15) is 24.4 Å². The molecule has 0 fully saturated rings. The first-order valence-corrected chi connectivity index (χ1v) is 8.76. The molecule has 28 heavy (non-hydrogen) atoms. The first-order chi connectivity index (χ1) is 13.5. The maximum absolute atomic E-state index is 12.4. The molecule has 8 heteroatoms. The highest BCUT2D eigenvalue weighted by Crippen LogP contribution is 2.13. The summed E-state index contributed by atoms with van der Waals surface area (Å²) in [6, 6.07) is 13.9. The molecule has 3 aromatic rings. The van der Waals surface area contributed by atoms with Gasteiger partial charge in [0.2, 0.25) is 5.91 Å². The molecule has 2 aromatic carbocycles. The second kappa shape index (κ2) is 8.34. The van der Waals surface area contributed by atoms with Crippen LogP contribution in [0.25, 0.3) is 10.9 Å². The molecule has 1 aromatic heterocycles. The van der Waals surface area contributed by atoms with Crippen molar-refractivity contribution in [3.05, 3.63) is 81.0 Å². The molecule has 0 spiro atoms. The third-order valence-electron chi connectivity index (χ3n) is 4.36. The van der Waals surface area contributed by atoms with Gasteiger partial charge in [0.15, 0.2) is 6.04 Å². The molecule has 0 radical (unpaired) electrons. The van der Waals surface area contributed by atoms with Gasteiger partial charge >= 0.3 is 11.7 Å². The number of fused-ring (bicyclic) bond motifs is 1. The van der Waals surface area contributed by atoms with Gasteiger partial charge in [-0.15, -0.1) is 0 Å². The van der Waals surface area contributed by atoms with Crippen LogP contribution >= 0.6 is 0 Å². The Hall–Kier alpha value is -3.68. The maximum Gasteiger partial charge on any atom is 0.330 e. The molecule has 8 nitrogen and oxygen atoms in total. The number of benzene rings is 2. The Morgan fingerprint density at radius 1 is 1.04 bits per heavy atom. The van der Waals surface area contributed by atoms with Gasteiger partial charge in [0, 0.05) is 13.0 Å². The number of hydrogen-bond acceptors (Lipinski definition) is 4. The van der Waals surface area contributed by atoms with Crippen LogP contribution in [0.2, 0.25) is 0 Å². The number of H-pyrrole nitrogens is 1.